The van der Waals surface area contributed by atoms with Gasteiger partial charge in [-0.3, -0.25) is 14.4 Å². The molecule has 2 aromatic heterocycles. The molecule has 0 radical (unpaired) electrons. The number of carbonyl (C=O) groups is 3. The molecule has 188 valence electrons. The number of ketones is 1. The Morgan fingerprint density at radius 1 is 1.03 bits per heavy atom. The maximum absolute atomic E-state index is 13.2. The number of furan rings is 2. The summed E-state index contributed by atoms with van der Waals surface area (Å²) in [6, 6.07) is 11.3. The van der Waals surface area contributed by atoms with Crippen LogP contribution in [-0.2, 0) is 15.3 Å². The Hall–Kier alpha value is -3.00. The van der Waals surface area contributed by atoms with Crippen molar-refractivity contribution in [1.29, 1.82) is 0 Å². The summed E-state index contributed by atoms with van der Waals surface area (Å²) < 4.78 is 11.0. The van der Waals surface area contributed by atoms with Crippen LogP contribution < -0.4 is 10.6 Å². The molecule has 0 saturated heterocycles. The third-order valence-electron chi connectivity index (χ3n) is 5.60. The summed E-state index contributed by atoms with van der Waals surface area (Å²) in [7, 11) is 0. The fraction of sp³-hybridized carbons (Fsp3) is 0.444. The van der Waals surface area contributed by atoms with Crippen LogP contribution in [0.5, 0.6) is 0 Å². The van der Waals surface area contributed by atoms with Crippen molar-refractivity contribution in [2.75, 3.05) is 5.75 Å². The Morgan fingerprint density at radius 3 is 2.51 bits per heavy atom. The van der Waals surface area contributed by atoms with E-state index in [0.717, 1.165) is 24.0 Å². The van der Waals surface area contributed by atoms with Gasteiger partial charge in [0.15, 0.2) is 11.5 Å². The molecule has 0 aliphatic rings. The Balaban J connectivity index is 1.64. The summed E-state index contributed by atoms with van der Waals surface area (Å²) >= 11 is 1.46. The third kappa shape index (κ3) is 8.02. The molecule has 1 aromatic carbocycles. The van der Waals surface area contributed by atoms with Crippen molar-refractivity contribution in [2.45, 2.75) is 64.3 Å². The average molecular weight is 499 g/mol. The van der Waals surface area contributed by atoms with E-state index in [-0.39, 0.29) is 29.1 Å². The first-order valence-corrected chi connectivity index (χ1v) is 13.3. The molecule has 0 aliphatic heterocycles. The lowest BCUT2D eigenvalue weighted by atomic mass is 10.0. The number of para-hydroxylation sites is 1. The van der Waals surface area contributed by atoms with Gasteiger partial charge in [-0.05, 0) is 43.0 Å². The topological polar surface area (TPSA) is 102 Å². The Bertz CT molecular complexity index is 1070. The van der Waals surface area contributed by atoms with Crippen LogP contribution in [0.1, 0.15) is 62.8 Å². The summed E-state index contributed by atoms with van der Waals surface area (Å²) in [5.74, 6) is 1.15. The summed E-state index contributed by atoms with van der Waals surface area (Å²) in [5.41, 5.74) is 0.611. The number of benzene rings is 1. The van der Waals surface area contributed by atoms with Gasteiger partial charge in [0.1, 0.15) is 17.4 Å². The predicted molar refractivity (Wildman–Crippen MR) is 138 cm³/mol. The van der Waals surface area contributed by atoms with Crippen LogP contribution in [0.25, 0.3) is 11.0 Å². The number of nitrogens with one attached hydrogen (secondary N) is 2. The lowest BCUT2D eigenvalue weighted by Crippen LogP contribution is -2.52. The van der Waals surface area contributed by atoms with E-state index < -0.39 is 18.0 Å². The molecule has 0 spiro atoms. The second-order valence-corrected chi connectivity index (χ2v) is 10.0. The SMILES string of the molecule is CCCC[C@H](NC(=O)[C@H](CC(C)C)NC(=O)c1cc2ccccc2o1)C(=O)CSCc1ccco1. The highest BCUT2D eigenvalue weighted by Crippen LogP contribution is 2.19. The normalized spacial score (nSPS) is 13.0. The van der Waals surface area contributed by atoms with Crippen molar-refractivity contribution in [3.63, 3.8) is 0 Å². The molecule has 0 aliphatic carbocycles. The first-order valence-electron chi connectivity index (χ1n) is 12.1. The zero-order valence-corrected chi connectivity index (χ0v) is 21.4. The van der Waals surface area contributed by atoms with Gasteiger partial charge in [-0.25, -0.2) is 0 Å². The van der Waals surface area contributed by atoms with E-state index in [1.54, 1.807) is 18.4 Å². The zero-order valence-electron chi connectivity index (χ0n) is 20.5. The van der Waals surface area contributed by atoms with E-state index in [2.05, 4.69) is 10.6 Å². The fourth-order valence-corrected chi connectivity index (χ4v) is 4.64. The van der Waals surface area contributed by atoms with Crippen molar-refractivity contribution < 1.29 is 23.2 Å². The predicted octanol–water partition coefficient (Wildman–Crippen LogP) is 5.35. The van der Waals surface area contributed by atoms with Crippen LogP contribution in [0.2, 0.25) is 0 Å². The number of rotatable bonds is 14. The maximum atomic E-state index is 13.2. The van der Waals surface area contributed by atoms with Crippen LogP contribution in [0.15, 0.2) is 57.6 Å². The van der Waals surface area contributed by atoms with Crippen LogP contribution in [0, 0.1) is 5.92 Å². The highest BCUT2D eigenvalue weighted by atomic mass is 32.2. The largest absolute Gasteiger partial charge is 0.468 e. The minimum atomic E-state index is -0.775. The van der Waals surface area contributed by atoms with Crippen LogP contribution in [0.3, 0.4) is 0 Å². The molecule has 3 aromatic rings. The van der Waals surface area contributed by atoms with Gasteiger partial charge < -0.3 is 19.5 Å². The van der Waals surface area contributed by atoms with E-state index in [0.29, 0.717) is 24.2 Å². The monoisotopic (exact) mass is 498 g/mol. The van der Waals surface area contributed by atoms with E-state index in [9.17, 15) is 14.4 Å². The van der Waals surface area contributed by atoms with Crippen LogP contribution in [-0.4, -0.2) is 35.4 Å². The van der Waals surface area contributed by atoms with Gasteiger partial charge in [0.05, 0.1) is 23.8 Å². The van der Waals surface area contributed by atoms with Gasteiger partial charge in [-0.1, -0.05) is 51.8 Å². The quantitative estimate of drug-likeness (QED) is 0.311. The van der Waals surface area contributed by atoms with Crippen LogP contribution >= 0.6 is 11.8 Å². The minimum Gasteiger partial charge on any atom is -0.468 e. The number of fused-ring (bicyclic) bond motifs is 1. The van der Waals surface area contributed by atoms with Gasteiger partial charge >= 0.3 is 0 Å². The molecular formula is C27H34N2O5S. The maximum Gasteiger partial charge on any atom is 0.287 e. The van der Waals surface area contributed by atoms with E-state index >= 15 is 0 Å². The average Bonchev–Trinajstić information content (AvgIpc) is 3.50. The molecule has 2 atom stereocenters. The molecule has 0 saturated carbocycles. The van der Waals surface area contributed by atoms with E-state index in [4.69, 9.17) is 8.83 Å². The summed E-state index contributed by atoms with van der Waals surface area (Å²) in [5, 5.41) is 6.55. The van der Waals surface area contributed by atoms with Crippen molar-refractivity contribution in [3.05, 3.63) is 60.2 Å². The first-order chi connectivity index (χ1) is 16.9. The summed E-state index contributed by atoms with van der Waals surface area (Å²) in [6.45, 7) is 6.02. The van der Waals surface area contributed by atoms with Gasteiger partial charge in [0.2, 0.25) is 5.91 Å². The molecule has 3 rings (SSSR count). The highest BCUT2D eigenvalue weighted by Gasteiger charge is 2.28. The molecule has 2 N–H and O–H groups in total. The number of hydrogen-bond donors (Lipinski definition) is 2. The van der Waals surface area contributed by atoms with Crippen molar-refractivity contribution >= 4 is 40.3 Å². The molecule has 8 heteroatoms. The zero-order chi connectivity index (χ0) is 25.2. The standard InChI is InChI=1S/C27H34N2O5S/c1-4-5-11-21(23(30)17-35-16-20-10-8-13-33-20)28-26(31)22(14-18(2)3)29-27(32)25-15-19-9-6-7-12-24(19)34-25/h6-10,12-13,15,18,21-22H,4-5,11,14,16-17H2,1-3H3,(H,28,31)(H,29,32)/t21-,22-/m0/s1. The number of hydrogen-bond acceptors (Lipinski definition) is 6. The van der Waals surface area contributed by atoms with Gasteiger partial charge in [-0.2, -0.15) is 0 Å². The van der Waals surface area contributed by atoms with Crippen molar-refractivity contribution in [1.82, 2.24) is 10.6 Å². The number of Topliss-reactive ketones (excluding diaryl/α,β-unsaturated/α-hetero) is 1. The first kappa shape index (κ1) is 26.6. The molecule has 2 amide bonds. The lowest BCUT2D eigenvalue weighted by molar-refractivity contribution is -0.128. The third-order valence-corrected chi connectivity index (χ3v) is 6.58. The van der Waals surface area contributed by atoms with Gasteiger partial charge in [0.25, 0.3) is 5.91 Å². The summed E-state index contributed by atoms with van der Waals surface area (Å²) in [4.78, 5) is 39.1. The Kier molecular flexibility index (Phi) is 10.0. The van der Waals surface area contributed by atoms with Gasteiger partial charge in [0, 0.05) is 5.39 Å². The lowest BCUT2D eigenvalue weighted by Gasteiger charge is -2.23. The number of thioether (sulfide) groups is 1. The minimum absolute atomic E-state index is 0.0322. The van der Waals surface area contributed by atoms with Crippen molar-refractivity contribution in [2.24, 2.45) is 5.92 Å². The second-order valence-electron chi connectivity index (χ2n) is 9.05. The van der Waals surface area contributed by atoms with Crippen LogP contribution in [0.4, 0.5) is 0 Å². The smallest absolute Gasteiger partial charge is 0.287 e. The highest BCUT2D eigenvalue weighted by molar-refractivity contribution is 7.99. The molecule has 0 fully saturated rings. The number of unbranched alkanes of at least 4 members (excludes halogenated alkanes) is 1. The van der Waals surface area contributed by atoms with E-state index in [1.807, 2.05) is 51.1 Å². The molecule has 35 heavy (non-hydrogen) atoms. The Morgan fingerprint density at radius 2 is 1.83 bits per heavy atom. The number of amides is 2. The molecule has 0 unspecified atom stereocenters. The second kappa shape index (κ2) is 13.2. The Labute approximate surface area is 210 Å². The molecule has 2 heterocycles. The summed E-state index contributed by atoms with van der Waals surface area (Å²) in [6.07, 6.45) is 4.35. The number of carbonyl (C=O) groups excluding carboxylic acids is 3. The molecule has 7 nitrogen and oxygen atoms in total. The molecular weight excluding hydrogens is 464 g/mol. The fourth-order valence-electron chi connectivity index (χ4n) is 3.77. The van der Waals surface area contributed by atoms with Gasteiger partial charge in [-0.15, -0.1) is 11.8 Å². The van der Waals surface area contributed by atoms with Crippen molar-refractivity contribution in [3.8, 4) is 0 Å². The molecule has 0 bridgehead atoms. The van der Waals surface area contributed by atoms with E-state index in [1.165, 1.54) is 11.8 Å².